The summed E-state index contributed by atoms with van der Waals surface area (Å²) in [5.41, 5.74) is 0.509. The van der Waals surface area contributed by atoms with Gasteiger partial charge in [0.25, 0.3) is 5.91 Å². The number of halogens is 3. The number of carbonyl (C=O) groups excluding carboxylic acids is 1. The van der Waals surface area contributed by atoms with Gasteiger partial charge in [-0.25, -0.2) is 13.2 Å². The number of nitrogens with one attached hydrogen (secondary N) is 1. The van der Waals surface area contributed by atoms with Gasteiger partial charge >= 0.3 is 0 Å². The van der Waals surface area contributed by atoms with Gasteiger partial charge in [0.2, 0.25) is 0 Å². The molecule has 5 nitrogen and oxygen atoms in total. The zero-order chi connectivity index (χ0) is 19.2. The summed E-state index contributed by atoms with van der Waals surface area (Å²) in [6.07, 6.45) is 0.329. The molecule has 1 amide bonds. The minimum atomic E-state index is -0.847. The van der Waals surface area contributed by atoms with E-state index >= 15 is 0 Å². The zero-order valence-corrected chi connectivity index (χ0v) is 14.0. The molecule has 0 bridgehead atoms. The summed E-state index contributed by atoms with van der Waals surface area (Å²) < 4.78 is 50.0. The molecule has 0 radical (unpaired) electrons. The fraction of sp³-hybridized carbons (Fsp3) is 0.158. The molecule has 0 aliphatic carbocycles. The Bertz CT molecular complexity index is 943. The van der Waals surface area contributed by atoms with Crippen LogP contribution in [-0.4, -0.2) is 17.6 Å². The number of carbonyl (C=O) groups is 1. The van der Waals surface area contributed by atoms with E-state index in [0.29, 0.717) is 18.1 Å². The van der Waals surface area contributed by atoms with Crippen LogP contribution in [0, 0.1) is 17.5 Å². The average molecular weight is 376 g/mol. The number of ether oxygens (including phenoxy) is 1. The highest BCUT2D eigenvalue weighted by atomic mass is 19.1. The molecule has 2 aromatic carbocycles. The third-order valence-electron chi connectivity index (χ3n) is 3.69. The van der Waals surface area contributed by atoms with Crippen molar-refractivity contribution in [3.63, 3.8) is 0 Å². The maximum absolute atomic E-state index is 13.5. The van der Waals surface area contributed by atoms with E-state index in [1.54, 1.807) is 18.2 Å². The highest BCUT2D eigenvalue weighted by Crippen LogP contribution is 2.19. The third-order valence-corrected chi connectivity index (χ3v) is 3.69. The molecular formula is C19H15F3N2O3. The van der Waals surface area contributed by atoms with Crippen molar-refractivity contribution >= 4 is 5.91 Å². The van der Waals surface area contributed by atoms with Gasteiger partial charge in [-0.05, 0) is 30.2 Å². The van der Waals surface area contributed by atoms with Crippen molar-refractivity contribution in [2.24, 2.45) is 0 Å². The fourth-order valence-electron chi connectivity index (χ4n) is 2.33. The smallest absolute Gasteiger partial charge is 0.273 e. The van der Waals surface area contributed by atoms with E-state index < -0.39 is 17.5 Å². The van der Waals surface area contributed by atoms with E-state index in [-0.39, 0.29) is 36.2 Å². The first-order chi connectivity index (χ1) is 13.0. The topological polar surface area (TPSA) is 64.4 Å². The van der Waals surface area contributed by atoms with Gasteiger partial charge in [0.15, 0.2) is 23.0 Å². The van der Waals surface area contributed by atoms with Crippen LogP contribution in [0.15, 0.2) is 53.1 Å². The highest BCUT2D eigenvalue weighted by Gasteiger charge is 2.14. The first-order valence-electron chi connectivity index (χ1n) is 8.08. The van der Waals surface area contributed by atoms with Crippen molar-refractivity contribution in [3.8, 4) is 5.75 Å². The van der Waals surface area contributed by atoms with Crippen LogP contribution in [0.5, 0.6) is 5.75 Å². The monoisotopic (exact) mass is 376 g/mol. The predicted molar refractivity (Wildman–Crippen MR) is 89.6 cm³/mol. The number of rotatable bonds is 7. The molecule has 1 aromatic heterocycles. The van der Waals surface area contributed by atoms with E-state index in [9.17, 15) is 18.0 Å². The van der Waals surface area contributed by atoms with Gasteiger partial charge in [-0.2, -0.15) is 0 Å². The molecule has 3 rings (SSSR count). The molecule has 0 aliphatic rings. The first-order valence-corrected chi connectivity index (χ1v) is 8.08. The van der Waals surface area contributed by atoms with Crippen LogP contribution >= 0.6 is 0 Å². The normalized spacial score (nSPS) is 10.6. The molecule has 27 heavy (non-hydrogen) atoms. The minimum absolute atomic E-state index is 0.0155. The van der Waals surface area contributed by atoms with Crippen LogP contribution in [0.4, 0.5) is 13.2 Å². The van der Waals surface area contributed by atoms with Crippen LogP contribution < -0.4 is 10.1 Å². The molecule has 1 heterocycles. The first kappa shape index (κ1) is 18.5. The second-order valence-electron chi connectivity index (χ2n) is 5.64. The lowest BCUT2D eigenvalue weighted by atomic mass is 10.1. The van der Waals surface area contributed by atoms with E-state index in [0.717, 1.165) is 12.1 Å². The number of hydrogen-bond acceptors (Lipinski definition) is 4. The molecular weight excluding hydrogens is 361 g/mol. The Balaban J connectivity index is 1.50. The van der Waals surface area contributed by atoms with E-state index in [1.165, 1.54) is 12.1 Å². The quantitative estimate of drug-likeness (QED) is 0.684. The molecule has 0 aliphatic heterocycles. The summed E-state index contributed by atoms with van der Waals surface area (Å²) in [7, 11) is 0. The van der Waals surface area contributed by atoms with Gasteiger partial charge in [-0.1, -0.05) is 23.4 Å². The number of benzene rings is 2. The average Bonchev–Trinajstić information content (AvgIpc) is 3.12. The van der Waals surface area contributed by atoms with Crippen molar-refractivity contribution < 1.29 is 27.2 Å². The van der Waals surface area contributed by atoms with Crippen LogP contribution in [0.25, 0.3) is 0 Å². The Labute approximate surface area is 152 Å². The summed E-state index contributed by atoms with van der Waals surface area (Å²) in [4.78, 5) is 12.0. The zero-order valence-electron chi connectivity index (χ0n) is 14.0. The molecule has 0 spiro atoms. The molecule has 0 saturated carbocycles. The third kappa shape index (κ3) is 4.87. The SMILES string of the molecule is O=C(NCCc1ccccc1F)c1cc(COc2ccc(F)cc2F)on1. The maximum Gasteiger partial charge on any atom is 0.273 e. The van der Waals surface area contributed by atoms with Crippen molar-refractivity contribution in [2.75, 3.05) is 6.54 Å². The Morgan fingerprint density at radius 1 is 1.07 bits per heavy atom. The largest absolute Gasteiger partial charge is 0.482 e. The number of aromatic nitrogens is 1. The molecule has 140 valence electrons. The second kappa shape index (κ2) is 8.39. The lowest BCUT2D eigenvalue weighted by molar-refractivity contribution is 0.0944. The van der Waals surface area contributed by atoms with E-state index in [2.05, 4.69) is 10.5 Å². The van der Waals surface area contributed by atoms with Crippen LogP contribution in [0.2, 0.25) is 0 Å². The van der Waals surface area contributed by atoms with Crippen LogP contribution in [0.3, 0.4) is 0 Å². The van der Waals surface area contributed by atoms with Crippen LogP contribution in [-0.2, 0) is 13.0 Å². The van der Waals surface area contributed by atoms with E-state index in [4.69, 9.17) is 9.26 Å². The number of nitrogens with zero attached hydrogens (tertiary/aromatic N) is 1. The van der Waals surface area contributed by atoms with Gasteiger partial charge in [-0.3, -0.25) is 4.79 Å². The minimum Gasteiger partial charge on any atom is -0.482 e. The second-order valence-corrected chi connectivity index (χ2v) is 5.64. The number of hydrogen-bond donors (Lipinski definition) is 1. The molecule has 3 aromatic rings. The Hall–Kier alpha value is -3.29. The summed E-state index contributed by atoms with van der Waals surface area (Å²) in [5, 5.41) is 6.22. The van der Waals surface area contributed by atoms with E-state index in [1.807, 2.05) is 0 Å². The molecule has 0 unspecified atom stereocenters. The van der Waals surface area contributed by atoms with Gasteiger partial charge in [0.05, 0.1) is 0 Å². The standard InChI is InChI=1S/C19H15F3N2O3/c20-13-5-6-18(16(22)9-13)26-11-14-10-17(24-27-14)19(25)23-8-7-12-3-1-2-4-15(12)21/h1-6,9-10H,7-8,11H2,(H,23,25). The summed E-state index contributed by atoms with van der Waals surface area (Å²) in [5.74, 6) is -2.34. The van der Waals surface area contributed by atoms with Gasteiger partial charge in [-0.15, -0.1) is 0 Å². The summed E-state index contributed by atoms with van der Waals surface area (Å²) in [6, 6.07) is 10.6. The molecule has 0 saturated heterocycles. The van der Waals surface area contributed by atoms with Gasteiger partial charge in [0.1, 0.15) is 18.2 Å². The van der Waals surface area contributed by atoms with Crippen molar-refractivity contribution in [3.05, 3.63) is 83.0 Å². The van der Waals surface area contributed by atoms with Crippen LogP contribution in [0.1, 0.15) is 21.8 Å². The predicted octanol–water partition coefficient (Wildman–Crippen LogP) is 3.64. The molecule has 0 atom stereocenters. The lowest BCUT2D eigenvalue weighted by Gasteiger charge is -2.04. The van der Waals surface area contributed by atoms with Crippen molar-refractivity contribution in [2.45, 2.75) is 13.0 Å². The Kier molecular flexibility index (Phi) is 5.75. The Morgan fingerprint density at radius 2 is 1.89 bits per heavy atom. The summed E-state index contributed by atoms with van der Waals surface area (Å²) >= 11 is 0. The Morgan fingerprint density at radius 3 is 2.67 bits per heavy atom. The van der Waals surface area contributed by atoms with Crippen molar-refractivity contribution in [1.29, 1.82) is 0 Å². The molecule has 0 fully saturated rings. The lowest BCUT2D eigenvalue weighted by Crippen LogP contribution is -2.26. The molecule has 1 N–H and O–H groups in total. The van der Waals surface area contributed by atoms with Gasteiger partial charge < -0.3 is 14.6 Å². The number of amides is 1. The van der Waals surface area contributed by atoms with Crippen molar-refractivity contribution in [1.82, 2.24) is 10.5 Å². The fourth-order valence-corrected chi connectivity index (χ4v) is 2.33. The summed E-state index contributed by atoms with van der Waals surface area (Å²) in [6.45, 7) is 0.0390. The maximum atomic E-state index is 13.5. The van der Waals surface area contributed by atoms with Gasteiger partial charge in [0, 0.05) is 18.7 Å². The highest BCUT2D eigenvalue weighted by molar-refractivity contribution is 5.92. The molecule has 8 heteroatoms.